The largest absolute Gasteiger partial charge is 0.469 e. The molecule has 0 N–H and O–H groups in total. The lowest BCUT2D eigenvalue weighted by molar-refractivity contribution is -0.138. The van der Waals surface area contributed by atoms with Crippen LogP contribution in [0.3, 0.4) is 0 Å². The zero-order valence-corrected chi connectivity index (χ0v) is 44.0. The van der Waals surface area contributed by atoms with Crippen LogP contribution in [0.25, 0.3) is 0 Å². The van der Waals surface area contributed by atoms with E-state index in [0.717, 1.165) is 9.98 Å². The number of methoxy groups -OCH3 is 3. The Morgan fingerprint density at radius 2 is 0.564 bits per heavy atom. The highest BCUT2D eigenvalue weighted by Crippen LogP contribution is 1.84. The molecule has 14 nitrogen and oxygen atoms in total. The molecule has 0 saturated carbocycles. The van der Waals surface area contributed by atoms with Gasteiger partial charge in [0.25, 0.3) is 0 Å². The summed E-state index contributed by atoms with van der Waals surface area (Å²) in [5.41, 5.74) is 0. The van der Waals surface area contributed by atoms with E-state index in [4.69, 9.17) is 24.4 Å². The number of esters is 2. The van der Waals surface area contributed by atoms with E-state index in [-0.39, 0.29) is 29.5 Å². The van der Waals surface area contributed by atoms with Crippen LogP contribution < -0.4 is 0 Å². The third-order valence-electron chi connectivity index (χ3n) is 3.26. The van der Waals surface area contributed by atoms with Gasteiger partial charge in [-0.3, -0.25) is 19.2 Å². The van der Waals surface area contributed by atoms with E-state index in [1.165, 1.54) is 84.0 Å². The summed E-state index contributed by atoms with van der Waals surface area (Å²) in [6.07, 6.45) is 7.21. The number of thiocarbonyl (C=S) groups is 2. The second kappa shape index (κ2) is 80.4. The molecule has 0 aromatic rings. The molecule has 0 bridgehead atoms. The van der Waals surface area contributed by atoms with Crippen molar-refractivity contribution >= 4 is 87.8 Å². The summed E-state index contributed by atoms with van der Waals surface area (Å²) in [6, 6.07) is 0. The average molecular weight is 876 g/mol. The Balaban J connectivity index is -0.0000000370. The summed E-state index contributed by atoms with van der Waals surface area (Å²) < 4.78 is 16.9. The molecule has 0 aromatic heterocycles. The van der Waals surface area contributed by atoms with Gasteiger partial charge in [0.1, 0.15) is 5.78 Å². The van der Waals surface area contributed by atoms with E-state index in [1.54, 1.807) is 61.3 Å². The highest BCUT2D eigenvalue weighted by Gasteiger charge is 1.88. The first-order chi connectivity index (χ1) is 24.7. The summed E-state index contributed by atoms with van der Waals surface area (Å²) in [7, 11) is 28.2. The van der Waals surface area contributed by atoms with Crippen molar-refractivity contribution in [3.63, 3.8) is 0 Å². The Kier molecular flexibility index (Phi) is 125. The minimum atomic E-state index is -0.245. The van der Waals surface area contributed by atoms with E-state index in [2.05, 4.69) is 32.2 Å². The first kappa shape index (κ1) is 85.2. The number of ether oxygens (including phenoxy) is 3. The molecule has 18 heteroatoms. The molecule has 0 aliphatic rings. The molecular formula is C37H89N5O9S4. The molecule has 0 spiro atoms. The van der Waals surface area contributed by atoms with Gasteiger partial charge in [-0.2, -0.15) is 11.8 Å². The van der Waals surface area contributed by atoms with Crippen LogP contribution in [-0.4, -0.2) is 196 Å². The molecule has 340 valence electrons. The standard InChI is InChI=1S/2C4H9NO.2C4H9NS.C3H9N.2C3H6O2.C3H6O.C3H8.C2H6OS.C2H6O.C2H6S/c4*1-4(6)5(2)3;1-4(2)3;2*1-3(4)5-2;1-3(2)4;1-3-2;1-3-4-2;2*1-3-2/h4*1-3H3;1-3H3;2*1-2H3;1-2H3;3H2,1-2H3;1-2H3;2*1-2H3. The van der Waals surface area contributed by atoms with Gasteiger partial charge in [-0.05, 0) is 73.4 Å². The summed E-state index contributed by atoms with van der Waals surface area (Å²) in [5.74, 6) is -0.139. The molecule has 0 atom stereocenters. The van der Waals surface area contributed by atoms with Gasteiger partial charge in [-0.15, -0.1) is 0 Å². The Bertz CT molecular complexity index is 708. The Hall–Kier alpha value is -2.09. The fourth-order valence-corrected chi connectivity index (χ4v) is 0. The van der Waals surface area contributed by atoms with E-state index >= 15 is 0 Å². The van der Waals surface area contributed by atoms with Crippen LogP contribution in [0.4, 0.5) is 0 Å². The number of hydrogen-bond acceptors (Lipinski definition) is 14. The Morgan fingerprint density at radius 3 is 0.564 bits per heavy atom. The number of carbonyl (C=O) groups excluding carboxylic acids is 5. The number of hydrogen-bond donors (Lipinski definition) is 0. The van der Waals surface area contributed by atoms with Gasteiger partial charge in [-0.1, -0.05) is 44.7 Å². The average Bonchev–Trinajstić information content (AvgIpc) is 3.03. The smallest absolute Gasteiger partial charge is 0.302 e. The molecule has 55 heavy (non-hydrogen) atoms. The number of amides is 2. The number of ketones is 1. The fourth-order valence-electron chi connectivity index (χ4n) is 0. The molecule has 0 saturated heterocycles. The Labute approximate surface area is 360 Å². The lowest BCUT2D eigenvalue weighted by Crippen LogP contribution is -2.17. The van der Waals surface area contributed by atoms with Gasteiger partial charge in [0, 0.05) is 105 Å². The van der Waals surface area contributed by atoms with E-state index < -0.39 is 0 Å². The molecule has 0 heterocycles. The molecule has 0 aliphatic heterocycles. The predicted molar refractivity (Wildman–Crippen MR) is 253 cm³/mol. The van der Waals surface area contributed by atoms with Crippen LogP contribution in [0.15, 0.2) is 0 Å². The third-order valence-corrected chi connectivity index (χ3v) is 4.32. The molecule has 0 fully saturated rings. The first-order valence-corrected chi connectivity index (χ1v) is 20.1. The third kappa shape index (κ3) is 362. The predicted octanol–water partition coefficient (Wildman–Crippen LogP) is 6.68. The second-order valence-corrected chi connectivity index (χ2v) is 13.8. The van der Waals surface area contributed by atoms with Gasteiger partial charge in [0.05, 0.1) is 31.3 Å². The summed E-state index contributed by atoms with van der Waals surface area (Å²) in [5, 5.41) is 0. The van der Waals surface area contributed by atoms with Crippen LogP contribution in [-0.2, 0) is 42.4 Å². The maximum atomic E-state index is 10.1. The molecule has 0 rings (SSSR count). The number of rotatable bonds is 1. The van der Waals surface area contributed by atoms with E-state index in [1.807, 2.05) is 96.6 Å². The molecule has 0 radical (unpaired) electrons. The lowest BCUT2D eigenvalue weighted by atomic mass is 10.6. The van der Waals surface area contributed by atoms with E-state index in [9.17, 15) is 24.0 Å². The molecule has 0 aromatic carbocycles. The topological polar surface area (TPSA) is 138 Å². The van der Waals surface area contributed by atoms with Gasteiger partial charge in [0.2, 0.25) is 11.8 Å². The van der Waals surface area contributed by atoms with Crippen molar-refractivity contribution in [1.82, 2.24) is 24.5 Å². The van der Waals surface area contributed by atoms with Crippen molar-refractivity contribution in [3.8, 4) is 0 Å². The summed E-state index contributed by atoms with van der Waals surface area (Å²) >= 11 is 12.6. The summed E-state index contributed by atoms with van der Waals surface area (Å²) in [4.78, 5) is 59.5. The van der Waals surface area contributed by atoms with Gasteiger partial charge in [0.15, 0.2) is 0 Å². The number of nitrogens with zero attached hydrogens (tertiary/aromatic N) is 5. The minimum absolute atomic E-state index is 0.0926. The number of Topliss-reactive ketones (excluding diaryl/α,β-unsaturated/α-hetero) is 1. The van der Waals surface area contributed by atoms with Crippen molar-refractivity contribution in [2.45, 2.75) is 75.7 Å². The van der Waals surface area contributed by atoms with Crippen LogP contribution >= 0.6 is 48.2 Å². The van der Waals surface area contributed by atoms with Gasteiger partial charge < -0.3 is 47.7 Å². The quantitative estimate of drug-likeness (QED) is 0.157. The molecule has 0 unspecified atom stereocenters. The Morgan fingerprint density at radius 1 is 0.491 bits per heavy atom. The number of carbonyl (C=O) groups is 5. The van der Waals surface area contributed by atoms with Crippen molar-refractivity contribution < 1.29 is 42.4 Å². The lowest BCUT2D eigenvalue weighted by Gasteiger charge is -2.06. The molecule has 2 amide bonds. The first-order valence-electron chi connectivity index (χ1n) is 16.5. The monoisotopic (exact) mass is 876 g/mol. The van der Waals surface area contributed by atoms with Crippen LogP contribution in [0.2, 0.25) is 0 Å². The summed E-state index contributed by atoms with van der Waals surface area (Å²) in [6.45, 7) is 16.9. The van der Waals surface area contributed by atoms with Crippen molar-refractivity contribution in [3.05, 3.63) is 0 Å². The zero-order chi connectivity index (χ0) is 47.9. The fraction of sp³-hybridized carbons (Fsp3) is 0.811. The normalized spacial score (nSPS) is 7.31. The SMILES string of the molecule is CC(=O)N(C)C.CC(=O)N(C)C.CC(=S)N(C)C.CC(=S)N(C)C.CC(C)=O.CCC.CN(C)C.COC.COC(C)=O.COC(C)=O.COSC.CSC. The van der Waals surface area contributed by atoms with Crippen molar-refractivity contribution in [1.29, 1.82) is 0 Å². The molecule has 0 aliphatic carbocycles. The second-order valence-electron chi connectivity index (χ2n) is 11.2. The maximum absolute atomic E-state index is 10.1. The van der Waals surface area contributed by atoms with Gasteiger partial charge in [-0.25, -0.2) is 0 Å². The highest BCUT2D eigenvalue weighted by molar-refractivity contribution is 7.97. The minimum Gasteiger partial charge on any atom is -0.469 e. The number of thioether (sulfide) groups is 1. The maximum Gasteiger partial charge on any atom is 0.302 e. The highest BCUT2D eigenvalue weighted by atomic mass is 32.2. The van der Waals surface area contributed by atoms with Gasteiger partial charge >= 0.3 is 11.9 Å². The van der Waals surface area contributed by atoms with Crippen LogP contribution in [0.5, 0.6) is 0 Å². The van der Waals surface area contributed by atoms with Crippen LogP contribution in [0.1, 0.15) is 75.7 Å². The molecular weight excluding hydrogens is 787 g/mol. The zero-order valence-electron chi connectivity index (χ0n) is 40.8. The van der Waals surface area contributed by atoms with Crippen molar-refractivity contribution in [2.24, 2.45) is 0 Å². The van der Waals surface area contributed by atoms with Crippen LogP contribution in [0, 0.1) is 0 Å². The van der Waals surface area contributed by atoms with Crippen molar-refractivity contribution in [2.75, 3.05) is 132 Å². The van der Waals surface area contributed by atoms with E-state index in [0.29, 0.717) is 0 Å².